The molecular weight excluding hydrogens is 266 g/mol. The summed E-state index contributed by atoms with van der Waals surface area (Å²) in [5, 5.41) is 21.8. The lowest BCUT2D eigenvalue weighted by atomic mass is 9.99. The topological polar surface area (TPSA) is 93.8 Å². The van der Waals surface area contributed by atoms with Crippen molar-refractivity contribution in [2.75, 3.05) is 0 Å². The van der Waals surface area contributed by atoms with Crippen molar-refractivity contribution in [3.8, 4) is 10.7 Å². The second-order valence-corrected chi connectivity index (χ2v) is 5.70. The van der Waals surface area contributed by atoms with Gasteiger partial charge in [0.05, 0.1) is 15.6 Å². The van der Waals surface area contributed by atoms with Gasteiger partial charge < -0.3 is 5.11 Å². The van der Waals surface area contributed by atoms with Crippen LogP contribution in [-0.2, 0) is 10.3 Å². The highest BCUT2D eigenvalue weighted by atomic mass is 32.1. The normalized spacial score (nSPS) is 14.3. The van der Waals surface area contributed by atoms with E-state index in [0.717, 1.165) is 15.6 Å². The second-order valence-electron chi connectivity index (χ2n) is 4.49. The molecule has 8 heteroatoms. The summed E-state index contributed by atoms with van der Waals surface area (Å²) < 4.78 is 1.37. The molecule has 0 aromatic carbocycles. The first-order valence-electron chi connectivity index (χ1n) is 5.86. The van der Waals surface area contributed by atoms with Crippen LogP contribution in [0.4, 0.5) is 0 Å². The predicted molar refractivity (Wildman–Crippen MR) is 70.0 cm³/mol. The number of carboxylic acids is 1. The van der Waals surface area contributed by atoms with Gasteiger partial charge in [-0.25, -0.2) is 14.5 Å². The van der Waals surface area contributed by atoms with Crippen LogP contribution in [0.1, 0.15) is 31.0 Å². The summed E-state index contributed by atoms with van der Waals surface area (Å²) in [6.45, 7) is 7.16. The Bertz CT molecular complexity index is 620. The molecule has 7 nitrogen and oxygen atoms in total. The monoisotopic (exact) mass is 281 g/mol. The third-order valence-corrected chi connectivity index (χ3v) is 4.26. The molecule has 19 heavy (non-hydrogen) atoms. The van der Waals surface area contributed by atoms with Gasteiger partial charge in [0.1, 0.15) is 0 Å². The Labute approximate surface area is 114 Å². The van der Waals surface area contributed by atoms with Gasteiger partial charge in [0.25, 0.3) is 0 Å². The Morgan fingerprint density at radius 1 is 1.47 bits per heavy atom. The predicted octanol–water partition coefficient (Wildman–Crippen LogP) is 1.62. The van der Waals surface area contributed by atoms with Gasteiger partial charge >= 0.3 is 5.97 Å². The minimum atomic E-state index is -1.16. The number of rotatable bonds is 4. The molecule has 1 N–H and O–H groups in total. The Kier molecular flexibility index (Phi) is 3.36. The van der Waals surface area contributed by atoms with E-state index in [-0.39, 0.29) is 0 Å². The standard InChI is InChI=1S/C11H15N5O2S/c1-5-11(4,10(17)18)16-9(13-14-15-16)8-6(2)12-7(3)19-8/h5H2,1-4H3,(H,17,18). The molecule has 0 saturated carbocycles. The lowest BCUT2D eigenvalue weighted by Gasteiger charge is -2.23. The number of hydrogen-bond acceptors (Lipinski definition) is 6. The lowest BCUT2D eigenvalue weighted by molar-refractivity contribution is -0.147. The van der Waals surface area contributed by atoms with E-state index in [4.69, 9.17) is 0 Å². The molecule has 2 aromatic rings. The van der Waals surface area contributed by atoms with Crippen molar-refractivity contribution in [2.24, 2.45) is 0 Å². The van der Waals surface area contributed by atoms with E-state index >= 15 is 0 Å². The largest absolute Gasteiger partial charge is 0.479 e. The van der Waals surface area contributed by atoms with Gasteiger partial charge in [0, 0.05) is 0 Å². The molecule has 0 saturated heterocycles. The van der Waals surface area contributed by atoms with Crippen LogP contribution in [-0.4, -0.2) is 36.3 Å². The number of aryl methyl sites for hydroxylation is 2. The van der Waals surface area contributed by atoms with Crippen molar-refractivity contribution in [2.45, 2.75) is 39.7 Å². The van der Waals surface area contributed by atoms with Gasteiger partial charge in [-0.05, 0) is 37.6 Å². The summed E-state index contributed by atoms with van der Waals surface area (Å²) in [7, 11) is 0. The molecule has 1 unspecified atom stereocenters. The van der Waals surface area contributed by atoms with Crippen LogP contribution in [0.2, 0.25) is 0 Å². The number of thiazole rings is 1. The summed E-state index contributed by atoms with van der Waals surface area (Å²) in [5.41, 5.74) is -0.356. The van der Waals surface area contributed by atoms with Gasteiger partial charge in [0.15, 0.2) is 11.4 Å². The molecule has 2 aromatic heterocycles. The van der Waals surface area contributed by atoms with Crippen molar-refractivity contribution in [3.05, 3.63) is 10.7 Å². The van der Waals surface area contributed by atoms with Crippen LogP contribution in [0, 0.1) is 13.8 Å². The van der Waals surface area contributed by atoms with E-state index in [9.17, 15) is 9.90 Å². The highest BCUT2D eigenvalue weighted by Crippen LogP contribution is 2.31. The molecule has 2 heterocycles. The Hall–Kier alpha value is -1.83. The molecule has 0 aliphatic heterocycles. The van der Waals surface area contributed by atoms with Crippen LogP contribution in [0.3, 0.4) is 0 Å². The molecule has 0 bridgehead atoms. The first kappa shape index (κ1) is 13.6. The van der Waals surface area contributed by atoms with Crippen LogP contribution in [0.15, 0.2) is 0 Å². The molecule has 1 atom stereocenters. The van der Waals surface area contributed by atoms with E-state index in [1.165, 1.54) is 16.0 Å². The highest BCUT2D eigenvalue weighted by Gasteiger charge is 2.37. The average Bonchev–Trinajstić information content (AvgIpc) is 2.94. The molecule has 102 valence electrons. The fourth-order valence-electron chi connectivity index (χ4n) is 1.79. The Balaban J connectivity index is 2.60. The van der Waals surface area contributed by atoms with E-state index in [1.807, 2.05) is 13.8 Å². The number of aromatic nitrogens is 5. The van der Waals surface area contributed by atoms with E-state index < -0.39 is 11.5 Å². The molecule has 0 aliphatic carbocycles. The minimum absolute atomic E-state index is 0.386. The van der Waals surface area contributed by atoms with E-state index in [1.54, 1.807) is 13.8 Å². The second kappa shape index (κ2) is 4.69. The third-order valence-electron chi connectivity index (χ3n) is 3.19. The first-order chi connectivity index (χ1) is 8.90. The van der Waals surface area contributed by atoms with Gasteiger partial charge in [-0.3, -0.25) is 0 Å². The SMILES string of the molecule is CCC(C)(C(=O)O)n1nnnc1-c1sc(C)nc1C. The van der Waals surface area contributed by atoms with Crippen molar-refractivity contribution < 1.29 is 9.90 Å². The van der Waals surface area contributed by atoms with E-state index in [0.29, 0.717) is 12.2 Å². The Morgan fingerprint density at radius 2 is 2.16 bits per heavy atom. The van der Waals surface area contributed by atoms with Crippen LogP contribution in [0.5, 0.6) is 0 Å². The van der Waals surface area contributed by atoms with Crippen molar-refractivity contribution in [3.63, 3.8) is 0 Å². The van der Waals surface area contributed by atoms with Gasteiger partial charge in [-0.2, -0.15) is 0 Å². The summed E-state index contributed by atoms with van der Waals surface area (Å²) in [6, 6.07) is 0. The molecule has 0 fully saturated rings. The lowest BCUT2D eigenvalue weighted by Crippen LogP contribution is -2.39. The third kappa shape index (κ3) is 2.12. The number of hydrogen-bond donors (Lipinski definition) is 1. The zero-order valence-corrected chi connectivity index (χ0v) is 12.0. The number of tetrazole rings is 1. The number of carbonyl (C=O) groups is 1. The summed E-state index contributed by atoms with van der Waals surface area (Å²) in [4.78, 5) is 16.6. The van der Waals surface area contributed by atoms with Gasteiger partial charge in [-0.1, -0.05) is 6.92 Å². The summed E-state index contributed by atoms with van der Waals surface area (Å²) in [5.74, 6) is -0.503. The maximum Gasteiger partial charge on any atom is 0.331 e. The summed E-state index contributed by atoms with van der Waals surface area (Å²) in [6.07, 6.45) is 0.386. The van der Waals surface area contributed by atoms with E-state index in [2.05, 4.69) is 20.5 Å². The first-order valence-corrected chi connectivity index (χ1v) is 6.68. The Morgan fingerprint density at radius 3 is 2.63 bits per heavy atom. The minimum Gasteiger partial charge on any atom is -0.479 e. The number of carboxylic acid groups (broad SMARTS) is 1. The van der Waals surface area contributed by atoms with Gasteiger partial charge in [0.2, 0.25) is 0 Å². The molecule has 0 radical (unpaired) electrons. The van der Waals surface area contributed by atoms with Crippen LogP contribution in [0.25, 0.3) is 10.7 Å². The van der Waals surface area contributed by atoms with Crippen molar-refractivity contribution in [1.29, 1.82) is 0 Å². The zero-order valence-electron chi connectivity index (χ0n) is 11.2. The van der Waals surface area contributed by atoms with Crippen LogP contribution < -0.4 is 0 Å². The molecule has 0 amide bonds. The highest BCUT2D eigenvalue weighted by molar-refractivity contribution is 7.15. The fraction of sp³-hybridized carbons (Fsp3) is 0.545. The quantitative estimate of drug-likeness (QED) is 0.915. The summed E-state index contributed by atoms with van der Waals surface area (Å²) >= 11 is 1.46. The number of nitrogens with zero attached hydrogens (tertiary/aromatic N) is 5. The zero-order chi connectivity index (χ0) is 14.2. The molecule has 2 rings (SSSR count). The molecular formula is C11H15N5O2S. The average molecular weight is 281 g/mol. The maximum absolute atomic E-state index is 11.5. The van der Waals surface area contributed by atoms with Gasteiger partial charge in [-0.15, -0.1) is 16.4 Å². The molecule has 0 aliphatic rings. The molecule has 0 spiro atoms. The fourth-order valence-corrected chi connectivity index (χ4v) is 2.68. The maximum atomic E-state index is 11.5. The van der Waals surface area contributed by atoms with Crippen molar-refractivity contribution >= 4 is 17.3 Å². The smallest absolute Gasteiger partial charge is 0.331 e. The van der Waals surface area contributed by atoms with Crippen LogP contribution >= 0.6 is 11.3 Å². The number of aliphatic carboxylic acids is 1. The van der Waals surface area contributed by atoms with Crippen molar-refractivity contribution in [1.82, 2.24) is 25.2 Å².